The molecule has 5 nitrogen and oxygen atoms in total. The van der Waals surface area contributed by atoms with Crippen molar-refractivity contribution in [1.82, 2.24) is 14.8 Å². The molecule has 6 heteroatoms. The monoisotopic (exact) mass is 298 g/mol. The number of fused-ring (bicyclic) bond motifs is 1. The molecule has 3 rings (SSSR count). The summed E-state index contributed by atoms with van der Waals surface area (Å²) in [6.45, 7) is 1.85. The molecular formula is C15H12N3O2S-. The van der Waals surface area contributed by atoms with Crippen molar-refractivity contribution >= 4 is 28.5 Å². The van der Waals surface area contributed by atoms with Gasteiger partial charge in [0.1, 0.15) is 5.82 Å². The second-order valence-corrected chi connectivity index (χ2v) is 5.47. The second-order valence-electron chi connectivity index (χ2n) is 4.52. The van der Waals surface area contributed by atoms with Crippen LogP contribution in [0.15, 0.2) is 47.6 Å². The molecule has 21 heavy (non-hydrogen) atoms. The van der Waals surface area contributed by atoms with Gasteiger partial charge in [0.25, 0.3) is 0 Å². The van der Waals surface area contributed by atoms with Gasteiger partial charge in [0.05, 0.1) is 11.7 Å². The fraction of sp³-hybridized carbons (Fsp3) is 0.133. The fourth-order valence-electron chi connectivity index (χ4n) is 2.24. The van der Waals surface area contributed by atoms with Crippen molar-refractivity contribution in [1.29, 1.82) is 0 Å². The van der Waals surface area contributed by atoms with Crippen LogP contribution in [0.3, 0.4) is 0 Å². The van der Waals surface area contributed by atoms with E-state index in [0.29, 0.717) is 11.0 Å². The highest BCUT2D eigenvalue weighted by Crippen LogP contribution is 2.27. The molecule has 0 amide bonds. The van der Waals surface area contributed by atoms with E-state index >= 15 is 0 Å². The van der Waals surface area contributed by atoms with Crippen molar-refractivity contribution in [3.05, 3.63) is 48.3 Å². The van der Waals surface area contributed by atoms with Crippen LogP contribution in [0.25, 0.3) is 16.5 Å². The van der Waals surface area contributed by atoms with Crippen LogP contribution in [0.1, 0.15) is 5.82 Å². The summed E-state index contributed by atoms with van der Waals surface area (Å²) in [5.41, 5.74) is 0.941. The number of rotatable bonds is 4. The zero-order valence-electron chi connectivity index (χ0n) is 11.3. The Hall–Kier alpha value is -2.34. The zero-order chi connectivity index (χ0) is 14.8. The van der Waals surface area contributed by atoms with Gasteiger partial charge in [0, 0.05) is 11.1 Å². The van der Waals surface area contributed by atoms with Crippen LogP contribution >= 0.6 is 11.8 Å². The van der Waals surface area contributed by atoms with E-state index in [-0.39, 0.29) is 5.75 Å². The first-order chi connectivity index (χ1) is 10.2. The Balaban J connectivity index is 2.14. The van der Waals surface area contributed by atoms with Crippen molar-refractivity contribution in [3.63, 3.8) is 0 Å². The standard InChI is InChI=1S/C15H13N3O2S/c1-10-16-17-15(21-9-14(19)20)18(10)13-8-4-6-11-5-2-3-7-12(11)13/h2-8H,9H2,1H3,(H,19,20)/p-1. The molecule has 0 aliphatic carbocycles. The first-order valence-electron chi connectivity index (χ1n) is 6.39. The molecule has 106 valence electrons. The van der Waals surface area contributed by atoms with Crippen molar-refractivity contribution in [2.24, 2.45) is 0 Å². The third-order valence-electron chi connectivity index (χ3n) is 3.12. The molecule has 0 aliphatic rings. The minimum absolute atomic E-state index is 0.150. The van der Waals surface area contributed by atoms with Crippen molar-refractivity contribution < 1.29 is 9.90 Å². The Bertz CT molecular complexity index is 808. The van der Waals surface area contributed by atoms with Crippen LogP contribution < -0.4 is 5.11 Å². The molecule has 1 aromatic heterocycles. The van der Waals surface area contributed by atoms with Crippen LogP contribution in [0, 0.1) is 6.92 Å². The number of carboxylic acids is 1. The first-order valence-corrected chi connectivity index (χ1v) is 7.38. The van der Waals surface area contributed by atoms with Crippen LogP contribution in [0.2, 0.25) is 0 Å². The number of aryl methyl sites for hydroxylation is 1. The summed E-state index contributed by atoms with van der Waals surface area (Å²) in [5, 5.41) is 21.5. The van der Waals surface area contributed by atoms with Crippen LogP contribution in [-0.4, -0.2) is 26.5 Å². The summed E-state index contributed by atoms with van der Waals surface area (Å²) in [7, 11) is 0. The molecule has 0 unspecified atom stereocenters. The summed E-state index contributed by atoms with van der Waals surface area (Å²) >= 11 is 1.11. The molecule has 0 saturated carbocycles. The van der Waals surface area contributed by atoms with Crippen molar-refractivity contribution in [2.75, 3.05) is 5.75 Å². The second kappa shape index (κ2) is 5.57. The lowest BCUT2D eigenvalue weighted by Crippen LogP contribution is -2.24. The summed E-state index contributed by atoms with van der Waals surface area (Å²) in [5.74, 6) is -0.555. The largest absolute Gasteiger partial charge is 0.549 e. The van der Waals surface area contributed by atoms with E-state index in [1.165, 1.54) is 0 Å². The van der Waals surface area contributed by atoms with Gasteiger partial charge < -0.3 is 9.90 Å². The Morgan fingerprint density at radius 2 is 1.95 bits per heavy atom. The normalized spacial score (nSPS) is 10.9. The lowest BCUT2D eigenvalue weighted by Gasteiger charge is -2.11. The fourth-order valence-corrected chi connectivity index (χ4v) is 2.95. The lowest BCUT2D eigenvalue weighted by molar-refractivity contribution is -0.301. The number of aliphatic carboxylic acids is 1. The topological polar surface area (TPSA) is 70.8 Å². The minimum atomic E-state index is -1.12. The Kier molecular flexibility index (Phi) is 3.62. The molecule has 1 heterocycles. The summed E-state index contributed by atoms with van der Waals surface area (Å²) in [6.07, 6.45) is 0. The minimum Gasteiger partial charge on any atom is -0.549 e. The number of carbonyl (C=O) groups excluding carboxylic acids is 1. The number of hydrogen-bond acceptors (Lipinski definition) is 5. The highest BCUT2D eigenvalue weighted by molar-refractivity contribution is 7.99. The highest BCUT2D eigenvalue weighted by Gasteiger charge is 2.13. The Labute approximate surface area is 125 Å². The molecule has 0 fully saturated rings. The van der Waals surface area contributed by atoms with E-state index in [9.17, 15) is 9.90 Å². The van der Waals surface area contributed by atoms with Crippen LogP contribution in [0.5, 0.6) is 0 Å². The zero-order valence-corrected chi connectivity index (χ0v) is 12.1. The molecule has 0 radical (unpaired) electrons. The summed E-state index contributed by atoms with van der Waals surface area (Å²) < 4.78 is 1.87. The first kappa shape index (κ1) is 13.6. The van der Waals surface area contributed by atoms with Gasteiger partial charge in [-0.25, -0.2) is 0 Å². The number of thioether (sulfide) groups is 1. The van der Waals surface area contributed by atoms with Gasteiger partial charge in [-0.2, -0.15) is 0 Å². The van der Waals surface area contributed by atoms with Gasteiger partial charge in [-0.3, -0.25) is 4.57 Å². The van der Waals surface area contributed by atoms with E-state index in [0.717, 1.165) is 28.2 Å². The van der Waals surface area contributed by atoms with Crippen LogP contribution in [0.4, 0.5) is 0 Å². The van der Waals surface area contributed by atoms with Gasteiger partial charge in [-0.15, -0.1) is 10.2 Å². The van der Waals surface area contributed by atoms with Gasteiger partial charge in [0.2, 0.25) is 0 Å². The maximum atomic E-state index is 10.7. The SMILES string of the molecule is Cc1nnc(SCC(=O)[O-])n1-c1cccc2ccccc12. The molecule has 0 atom stereocenters. The Morgan fingerprint density at radius 1 is 1.19 bits per heavy atom. The molecule has 0 aliphatic heterocycles. The van der Waals surface area contributed by atoms with Gasteiger partial charge >= 0.3 is 0 Å². The molecule has 0 saturated heterocycles. The van der Waals surface area contributed by atoms with Gasteiger partial charge in [-0.1, -0.05) is 48.2 Å². The molecule has 3 aromatic rings. The van der Waals surface area contributed by atoms with Gasteiger partial charge in [-0.05, 0) is 18.4 Å². The van der Waals surface area contributed by atoms with E-state index in [4.69, 9.17) is 0 Å². The highest BCUT2D eigenvalue weighted by atomic mass is 32.2. The maximum absolute atomic E-state index is 10.7. The van der Waals surface area contributed by atoms with E-state index < -0.39 is 5.97 Å². The third kappa shape index (κ3) is 2.62. The van der Waals surface area contributed by atoms with Crippen molar-refractivity contribution in [3.8, 4) is 5.69 Å². The average molecular weight is 298 g/mol. The number of hydrogen-bond donors (Lipinski definition) is 0. The molecule has 0 bridgehead atoms. The lowest BCUT2D eigenvalue weighted by atomic mass is 10.1. The van der Waals surface area contributed by atoms with E-state index in [1.807, 2.05) is 54.0 Å². The smallest absolute Gasteiger partial charge is 0.196 e. The molecule has 0 spiro atoms. The molecule has 2 aromatic carbocycles. The number of aromatic nitrogens is 3. The summed E-state index contributed by atoms with van der Waals surface area (Å²) in [4.78, 5) is 10.7. The van der Waals surface area contributed by atoms with E-state index in [2.05, 4.69) is 10.2 Å². The predicted molar refractivity (Wildman–Crippen MR) is 79.3 cm³/mol. The number of carbonyl (C=O) groups is 1. The van der Waals surface area contributed by atoms with Crippen molar-refractivity contribution in [2.45, 2.75) is 12.1 Å². The quantitative estimate of drug-likeness (QED) is 0.684. The predicted octanol–water partition coefficient (Wildman–Crippen LogP) is 1.57. The van der Waals surface area contributed by atoms with E-state index in [1.54, 1.807) is 0 Å². The maximum Gasteiger partial charge on any atom is 0.196 e. The number of benzene rings is 2. The average Bonchev–Trinajstić information content (AvgIpc) is 2.85. The third-order valence-corrected chi connectivity index (χ3v) is 4.02. The van der Waals surface area contributed by atoms with Crippen LogP contribution in [-0.2, 0) is 4.79 Å². The number of nitrogens with zero attached hydrogens (tertiary/aromatic N) is 3. The number of carboxylic acid groups (broad SMARTS) is 1. The van der Waals surface area contributed by atoms with Gasteiger partial charge in [0.15, 0.2) is 5.16 Å². The Morgan fingerprint density at radius 3 is 2.76 bits per heavy atom. The summed E-state index contributed by atoms with van der Waals surface area (Å²) in [6, 6.07) is 14.0. The molecule has 0 N–H and O–H groups in total. The molecular weight excluding hydrogens is 286 g/mol.